The van der Waals surface area contributed by atoms with Crippen molar-refractivity contribution in [3.63, 3.8) is 0 Å². The minimum absolute atomic E-state index is 0.0249. The zero-order chi connectivity index (χ0) is 18.4. The summed E-state index contributed by atoms with van der Waals surface area (Å²) in [6.45, 7) is 7.89. The van der Waals surface area contributed by atoms with E-state index in [1.165, 1.54) is 0 Å². The predicted molar refractivity (Wildman–Crippen MR) is 97.3 cm³/mol. The van der Waals surface area contributed by atoms with E-state index in [9.17, 15) is 9.59 Å². The van der Waals surface area contributed by atoms with E-state index < -0.39 is 0 Å². The molecule has 2 aromatic rings. The molecule has 0 radical (unpaired) electrons. The third-order valence-electron chi connectivity index (χ3n) is 3.95. The fraction of sp³-hybridized carbons (Fsp3) is 0.368. The summed E-state index contributed by atoms with van der Waals surface area (Å²) in [5, 5.41) is 8.52. The standard InChI is InChI=1S/C19H25N3O3/c1-5-18(23)22-17-8-6-15(7-9-17)13(3)21-19(24)20-11-16-10-12(2)25-14(16)4/h6-10,13H,5,11H2,1-4H3,(H,22,23)(H2,20,21,24)/t13-/m0/s1. The molecule has 1 heterocycles. The predicted octanol–water partition coefficient (Wildman–Crippen LogP) is 3.81. The van der Waals surface area contributed by atoms with Crippen molar-refractivity contribution >= 4 is 17.6 Å². The lowest BCUT2D eigenvalue weighted by Gasteiger charge is -2.15. The number of nitrogens with one attached hydrogen (secondary N) is 3. The summed E-state index contributed by atoms with van der Waals surface area (Å²) in [5.41, 5.74) is 2.68. The molecule has 2 rings (SSSR count). The molecule has 1 atom stereocenters. The maximum atomic E-state index is 12.1. The minimum atomic E-state index is -0.242. The number of amides is 3. The van der Waals surface area contributed by atoms with E-state index >= 15 is 0 Å². The van der Waals surface area contributed by atoms with Gasteiger partial charge in [-0.15, -0.1) is 0 Å². The molecular weight excluding hydrogens is 318 g/mol. The van der Waals surface area contributed by atoms with E-state index in [1.807, 2.05) is 51.1 Å². The molecule has 3 N–H and O–H groups in total. The van der Waals surface area contributed by atoms with E-state index in [-0.39, 0.29) is 18.0 Å². The van der Waals surface area contributed by atoms with E-state index in [4.69, 9.17) is 4.42 Å². The number of urea groups is 1. The van der Waals surface area contributed by atoms with Gasteiger partial charge in [-0.1, -0.05) is 19.1 Å². The Kier molecular flexibility index (Phi) is 6.22. The highest BCUT2D eigenvalue weighted by Gasteiger charge is 2.11. The van der Waals surface area contributed by atoms with Gasteiger partial charge in [-0.3, -0.25) is 4.79 Å². The summed E-state index contributed by atoms with van der Waals surface area (Å²) in [7, 11) is 0. The zero-order valence-electron chi connectivity index (χ0n) is 15.1. The maximum absolute atomic E-state index is 12.1. The number of hydrogen-bond donors (Lipinski definition) is 3. The Bertz CT molecular complexity index is 735. The van der Waals surface area contributed by atoms with Crippen LogP contribution in [0.4, 0.5) is 10.5 Å². The van der Waals surface area contributed by atoms with Crippen molar-refractivity contribution in [2.24, 2.45) is 0 Å². The number of rotatable bonds is 6. The first-order valence-corrected chi connectivity index (χ1v) is 8.39. The molecule has 0 saturated heterocycles. The van der Waals surface area contributed by atoms with Gasteiger partial charge < -0.3 is 20.4 Å². The molecule has 1 aromatic carbocycles. The topological polar surface area (TPSA) is 83.4 Å². The van der Waals surface area contributed by atoms with Crippen LogP contribution < -0.4 is 16.0 Å². The van der Waals surface area contributed by atoms with Gasteiger partial charge in [0.1, 0.15) is 11.5 Å². The fourth-order valence-corrected chi connectivity index (χ4v) is 2.47. The molecule has 6 nitrogen and oxygen atoms in total. The second kappa shape index (κ2) is 8.37. The van der Waals surface area contributed by atoms with Crippen LogP contribution >= 0.6 is 0 Å². The van der Waals surface area contributed by atoms with E-state index in [1.54, 1.807) is 6.92 Å². The van der Waals surface area contributed by atoms with Gasteiger partial charge in [-0.25, -0.2) is 4.79 Å². The molecule has 134 valence electrons. The highest BCUT2D eigenvalue weighted by Crippen LogP contribution is 2.16. The Morgan fingerprint density at radius 2 is 1.84 bits per heavy atom. The van der Waals surface area contributed by atoms with Gasteiger partial charge in [0.25, 0.3) is 0 Å². The first kappa shape index (κ1) is 18.6. The molecule has 0 aliphatic carbocycles. The quantitative estimate of drug-likeness (QED) is 0.746. The normalized spacial score (nSPS) is 11.7. The second-order valence-electron chi connectivity index (χ2n) is 6.01. The summed E-state index contributed by atoms with van der Waals surface area (Å²) in [6.07, 6.45) is 0.440. The average Bonchev–Trinajstić information content (AvgIpc) is 2.91. The van der Waals surface area contributed by atoms with Crippen LogP contribution in [-0.4, -0.2) is 11.9 Å². The van der Waals surface area contributed by atoms with Crippen LogP contribution in [0.5, 0.6) is 0 Å². The molecule has 0 spiro atoms. The maximum Gasteiger partial charge on any atom is 0.315 e. The van der Waals surface area contributed by atoms with Crippen LogP contribution in [0, 0.1) is 13.8 Å². The second-order valence-corrected chi connectivity index (χ2v) is 6.01. The van der Waals surface area contributed by atoms with Crippen LogP contribution in [0.15, 0.2) is 34.7 Å². The Morgan fingerprint density at radius 1 is 1.16 bits per heavy atom. The molecule has 0 aliphatic heterocycles. The molecule has 3 amide bonds. The van der Waals surface area contributed by atoms with E-state index in [0.717, 1.165) is 28.3 Å². The molecule has 6 heteroatoms. The van der Waals surface area contributed by atoms with Crippen molar-refractivity contribution in [3.05, 3.63) is 53.0 Å². The number of benzene rings is 1. The van der Waals surface area contributed by atoms with Gasteiger partial charge >= 0.3 is 6.03 Å². The number of carbonyl (C=O) groups is 2. The molecule has 25 heavy (non-hydrogen) atoms. The molecule has 0 fully saturated rings. The Labute approximate surface area is 148 Å². The molecular formula is C19H25N3O3. The minimum Gasteiger partial charge on any atom is -0.466 e. The van der Waals surface area contributed by atoms with Crippen molar-refractivity contribution in [1.29, 1.82) is 0 Å². The van der Waals surface area contributed by atoms with Crippen molar-refractivity contribution in [2.45, 2.75) is 46.7 Å². The summed E-state index contributed by atoms with van der Waals surface area (Å²) in [5.74, 6) is 1.62. The summed E-state index contributed by atoms with van der Waals surface area (Å²) in [4.78, 5) is 23.4. The number of hydrogen-bond acceptors (Lipinski definition) is 3. The monoisotopic (exact) mass is 343 g/mol. The first-order chi connectivity index (χ1) is 11.9. The fourth-order valence-electron chi connectivity index (χ4n) is 2.47. The third kappa shape index (κ3) is 5.38. The van der Waals surface area contributed by atoms with Crippen molar-refractivity contribution in [2.75, 3.05) is 5.32 Å². The van der Waals surface area contributed by atoms with Crippen LogP contribution in [0.25, 0.3) is 0 Å². The van der Waals surface area contributed by atoms with Crippen molar-refractivity contribution in [1.82, 2.24) is 10.6 Å². The Hall–Kier alpha value is -2.76. The molecule has 0 aliphatic rings. The van der Waals surface area contributed by atoms with Gasteiger partial charge in [0, 0.05) is 24.2 Å². The third-order valence-corrected chi connectivity index (χ3v) is 3.95. The van der Waals surface area contributed by atoms with E-state index in [0.29, 0.717) is 13.0 Å². The average molecular weight is 343 g/mol. The van der Waals surface area contributed by atoms with Gasteiger partial charge in [0.15, 0.2) is 0 Å². The van der Waals surface area contributed by atoms with Crippen LogP contribution in [0.1, 0.15) is 49.0 Å². The number of aryl methyl sites for hydroxylation is 2. The number of carbonyl (C=O) groups excluding carboxylic acids is 2. The lowest BCUT2D eigenvalue weighted by atomic mass is 10.1. The molecule has 0 unspecified atom stereocenters. The van der Waals surface area contributed by atoms with Crippen LogP contribution in [0.2, 0.25) is 0 Å². The van der Waals surface area contributed by atoms with Gasteiger partial charge in [-0.05, 0) is 44.5 Å². The first-order valence-electron chi connectivity index (χ1n) is 8.39. The molecule has 0 saturated carbocycles. The highest BCUT2D eigenvalue weighted by atomic mass is 16.3. The SMILES string of the molecule is CCC(=O)Nc1ccc([C@H](C)NC(=O)NCc2cc(C)oc2C)cc1. The lowest BCUT2D eigenvalue weighted by Crippen LogP contribution is -2.36. The molecule has 0 bridgehead atoms. The lowest BCUT2D eigenvalue weighted by molar-refractivity contribution is -0.115. The Morgan fingerprint density at radius 3 is 2.40 bits per heavy atom. The highest BCUT2D eigenvalue weighted by molar-refractivity contribution is 5.90. The van der Waals surface area contributed by atoms with Crippen molar-refractivity contribution < 1.29 is 14.0 Å². The van der Waals surface area contributed by atoms with E-state index in [2.05, 4.69) is 16.0 Å². The smallest absolute Gasteiger partial charge is 0.315 e. The van der Waals surface area contributed by atoms with Gasteiger partial charge in [-0.2, -0.15) is 0 Å². The number of anilines is 1. The molecule has 1 aromatic heterocycles. The summed E-state index contributed by atoms with van der Waals surface area (Å²) >= 11 is 0. The summed E-state index contributed by atoms with van der Waals surface area (Å²) < 4.78 is 5.44. The summed E-state index contributed by atoms with van der Waals surface area (Å²) in [6, 6.07) is 8.96. The van der Waals surface area contributed by atoms with Crippen LogP contribution in [-0.2, 0) is 11.3 Å². The zero-order valence-corrected chi connectivity index (χ0v) is 15.1. The Balaban J connectivity index is 1.86. The van der Waals surface area contributed by atoms with Crippen molar-refractivity contribution in [3.8, 4) is 0 Å². The van der Waals surface area contributed by atoms with Gasteiger partial charge in [0.05, 0.1) is 6.04 Å². The largest absolute Gasteiger partial charge is 0.466 e. The number of furan rings is 1. The van der Waals surface area contributed by atoms with Gasteiger partial charge in [0.2, 0.25) is 5.91 Å². The van der Waals surface area contributed by atoms with Crippen LogP contribution in [0.3, 0.4) is 0 Å².